The van der Waals surface area contributed by atoms with Crippen LogP contribution in [0.5, 0.6) is 5.75 Å². The molecule has 0 saturated carbocycles. The Hall–Kier alpha value is -1.06. The first-order chi connectivity index (χ1) is 12.4. The number of piperidine rings is 2. The topological polar surface area (TPSA) is 15.7 Å². The maximum atomic E-state index is 5.98. The maximum absolute atomic E-state index is 5.98. The van der Waals surface area contributed by atoms with Crippen molar-refractivity contribution in [3.63, 3.8) is 0 Å². The standard InChI is InChI=1S/C22H34N2O/c1-3-14-23(15-4-1)16-6-18-25-21-11-8-19(9-12-21)22-13-10-20-7-2-5-17-24(20)22/h8-9,11-12,20,22H,1-7,10,13-18H2/t20?,22-/m1/s1. The molecule has 0 radical (unpaired) electrons. The average Bonchev–Trinajstić information content (AvgIpc) is 3.11. The van der Waals surface area contributed by atoms with Gasteiger partial charge >= 0.3 is 0 Å². The summed E-state index contributed by atoms with van der Waals surface area (Å²) in [5.74, 6) is 1.04. The number of nitrogens with zero attached hydrogens (tertiary/aromatic N) is 2. The SMILES string of the molecule is c1cc([C@H]2CCC3CCCCN32)ccc1OCCCN1CCCCC1. The minimum absolute atomic E-state index is 0.651. The van der Waals surface area contributed by atoms with Crippen molar-refractivity contribution in [2.75, 3.05) is 32.8 Å². The molecule has 25 heavy (non-hydrogen) atoms. The molecular formula is C22H34N2O. The quantitative estimate of drug-likeness (QED) is 0.701. The highest BCUT2D eigenvalue weighted by atomic mass is 16.5. The van der Waals surface area contributed by atoms with Crippen LogP contribution < -0.4 is 4.74 Å². The molecule has 3 saturated heterocycles. The van der Waals surface area contributed by atoms with Crippen molar-refractivity contribution in [2.24, 2.45) is 0 Å². The first kappa shape index (κ1) is 17.4. The minimum Gasteiger partial charge on any atom is -0.494 e. The third kappa shape index (κ3) is 4.38. The van der Waals surface area contributed by atoms with Crippen molar-refractivity contribution in [3.8, 4) is 5.75 Å². The molecule has 0 bridgehead atoms. The molecule has 3 nitrogen and oxygen atoms in total. The molecular weight excluding hydrogens is 308 g/mol. The molecule has 138 valence electrons. The van der Waals surface area contributed by atoms with Crippen LogP contribution in [-0.4, -0.2) is 48.6 Å². The van der Waals surface area contributed by atoms with E-state index < -0.39 is 0 Å². The molecule has 1 aromatic carbocycles. The summed E-state index contributed by atoms with van der Waals surface area (Å²) in [6.45, 7) is 5.90. The normalized spacial score (nSPS) is 28.0. The summed E-state index contributed by atoms with van der Waals surface area (Å²) in [6.07, 6.45) is 12.2. The van der Waals surface area contributed by atoms with E-state index in [-0.39, 0.29) is 0 Å². The summed E-state index contributed by atoms with van der Waals surface area (Å²) in [5.41, 5.74) is 1.49. The zero-order chi connectivity index (χ0) is 16.9. The second-order valence-corrected chi connectivity index (χ2v) is 8.15. The van der Waals surface area contributed by atoms with Crippen LogP contribution in [0.15, 0.2) is 24.3 Å². The lowest BCUT2D eigenvalue weighted by atomic mass is 10.0. The lowest BCUT2D eigenvalue weighted by molar-refractivity contribution is 0.150. The van der Waals surface area contributed by atoms with Gasteiger partial charge in [-0.3, -0.25) is 4.90 Å². The fourth-order valence-electron chi connectivity index (χ4n) is 5.06. The van der Waals surface area contributed by atoms with Crippen molar-refractivity contribution in [3.05, 3.63) is 29.8 Å². The van der Waals surface area contributed by atoms with Gasteiger partial charge in [0.2, 0.25) is 0 Å². The zero-order valence-electron chi connectivity index (χ0n) is 15.7. The fourth-order valence-corrected chi connectivity index (χ4v) is 5.06. The van der Waals surface area contributed by atoms with Crippen molar-refractivity contribution < 1.29 is 4.74 Å². The predicted octanol–water partition coefficient (Wildman–Crippen LogP) is 4.63. The van der Waals surface area contributed by atoms with Gasteiger partial charge in [0.25, 0.3) is 0 Å². The largest absolute Gasteiger partial charge is 0.494 e. The summed E-state index contributed by atoms with van der Waals surface area (Å²) in [7, 11) is 0. The molecule has 4 rings (SSSR count). The Morgan fingerprint density at radius 3 is 2.48 bits per heavy atom. The minimum atomic E-state index is 0.651. The van der Waals surface area contributed by atoms with Crippen LogP contribution in [0.1, 0.15) is 69.4 Å². The smallest absolute Gasteiger partial charge is 0.119 e. The Bertz CT molecular complexity index is 523. The molecule has 3 aliphatic heterocycles. The molecule has 3 aliphatic rings. The fraction of sp³-hybridized carbons (Fsp3) is 0.727. The number of hydrogen-bond acceptors (Lipinski definition) is 3. The van der Waals surface area contributed by atoms with E-state index in [1.165, 1.54) is 83.1 Å². The van der Waals surface area contributed by atoms with Gasteiger partial charge in [-0.15, -0.1) is 0 Å². The van der Waals surface area contributed by atoms with Crippen LogP contribution >= 0.6 is 0 Å². The third-order valence-corrected chi connectivity index (χ3v) is 6.45. The first-order valence-electron chi connectivity index (χ1n) is 10.6. The van der Waals surface area contributed by atoms with E-state index in [1.54, 1.807) is 0 Å². The van der Waals surface area contributed by atoms with Crippen LogP contribution in [0.2, 0.25) is 0 Å². The van der Waals surface area contributed by atoms with Gasteiger partial charge in [0.15, 0.2) is 0 Å². The number of fused-ring (bicyclic) bond motifs is 1. The molecule has 3 heterocycles. The van der Waals surface area contributed by atoms with Crippen LogP contribution in [0.25, 0.3) is 0 Å². The molecule has 2 atom stereocenters. The van der Waals surface area contributed by atoms with Gasteiger partial charge in [-0.1, -0.05) is 25.0 Å². The Morgan fingerprint density at radius 2 is 1.64 bits per heavy atom. The van der Waals surface area contributed by atoms with Gasteiger partial charge in [0.05, 0.1) is 6.61 Å². The highest BCUT2D eigenvalue weighted by Crippen LogP contribution is 2.40. The molecule has 0 amide bonds. The monoisotopic (exact) mass is 342 g/mol. The number of hydrogen-bond donors (Lipinski definition) is 0. The summed E-state index contributed by atoms with van der Waals surface area (Å²) in [6, 6.07) is 10.5. The third-order valence-electron chi connectivity index (χ3n) is 6.45. The Kier molecular flexibility index (Phi) is 5.94. The van der Waals surface area contributed by atoms with Gasteiger partial charge in [0, 0.05) is 18.6 Å². The number of rotatable bonds is 6. The average molecular weight is 343 g/mol. The lowest BCUT2D eigenvalue weighted by Gasteiger charge is -2.34. The summed E-state index contributed by atoms with van der Waals surface area (Å²) in [5, 5.41) is 0. The van der Waals surface area contributed by atoms with Crippen LogP contribution in [-0.2, 0) is 0 Å². The first-order valence-corrected chi connectivity index (χ1v) is 10.6. The number of benzene rings is 1. The zero-order valence-corrected chi connectivity index (χ0v) is 15.7. The van der Waals surface area contributed by atoms with Crippen LogP contribution in [0.3, 0.4) is 0 Å². The number of ether oxygens (including phenoxy) is 1. The highest BCUT2D eigenvalue weighted by molar-refractivity contribution is 5.30. The van der Waals surface area contributed by atoms with E-state index in [2.05, 4.69) is 34.1 Å². The van der Waals surface area contributed by atoms with Crippen molar-refractivity contribution in [1.82, 2.24) is 9.80 Å². The maximum Gasteiger partial charge on any atom is 0.119 e. The van der Waals surface area contributed by atoms with Crippen molar-refractivity contribution in [1.29, 1.82) is 0 Å². The molecule has 1 aromatic rings. The molecule has 0 spiro atoms. The van der Waals surface area contributed by atoms with E-state index in [1.807, 2.05) is 0 Å². The Balaban J connectivity index is 1.23. The van der Waals surface area contributed by atoms with E-state index in [4.69, 9.17) is 4.74 Å². The van der Waals surface area contributed by atoms with Gasteiger partial charge in [-0.2, -0.15) is 0 Å². The Labute approximate surface area is 153 Å². The highest BCUT2D eigenvalue weighted by Gasteiger charge is 2.35. The molecule has 3 fully saturated rings. The van der Waals surface area contributed by atoms with Crippen molar-refractivity contribution >= 4 is 0 Å². The summed E-state index contributed by atoms with van der Waals surface area (Å²) < 4.78 is 5.98. The Morgan fingerprint density at radius 1 is 0.840 bits per heavy atom. The molecule has 0 aliphatic carbocycles. The molecule has 1 unspecified atom stereocenters. The van der Waals surface area contributed by atoms with E-state index in [0.717, 1.165) is 24.8 Å². The van der Waals surface area contributed by atoms with E-state index >= 15 is 0 Å². The van der Waals surface area contributed by atoms with Gasteiger partial charge in [0.1, 0.15) is 5.75 Å². The van der Waals surface area contributed by atoms with Crippen LogP contribution in [0, 0.1) is 0 Å². The molecule has 0 N–H and O–H groups in total. The molecule has 0 aromatic heterocycles. The van der Waals surface area contributed by atoms with Crippen LogP contribution in [0.4, 0.5) is 0 Å². The molecule has 3 heteroatoms. The summed E-state index contributed by atoms with van der Waals surface area (Å²) >= 11 is 0. The van der Waals surface area contributed by atoms with E-state index in [9.17, 15) is 0 Å². The van der Waals surface area contributed by atoms with Gasteiger partial charge < -0.3 is 9.64 Å². The van der Waals surface area contributed by atoms with Gasteiger partial charge in [-0.05, 0) is 82.3 Å². The van der Waals surface area contributed by atoms with Crippen molar-refractivity contribution in [2.45, 2.75) is 69.9 Å². The lowest BCUT2D eigenvalue weighted by Crippen LogP contribution is -2.35. The number of likely N-dealkylation sites (tertiary alicyclic amines) is 1. The summed E-state index contributed by atoms with van der Waals surface area (Å²) in [4.78, 5) is 5.35. The second kappa shape index (κ2) is 8.55. The second-order valence-electron chi connectivity index (χ2n) is 8.15. The van der Waals surface area contributed by atoms with Gasteiger partial charge in [-0.25, -0.2) is 0 Å². The predicted molar refractivity (Wildman–Crippen MR) is 103 cm³/mol. The van der Waals surface area contributed by atoms with E-state index in [0.29, 0.717) is 6.04 Å².